The van der Waals surface area contributed by atoms with Gasteiger partial charge in [-0.25, -0.2) is 19.2 Å². The zero-order valence-corrected chi connectivity index (χ0v) is 49.1. The first-order valence-corrected chi connectivity index (χ1v) is 26.6. The number of halogens is 3. The molecule has 31 nitrogen and oxygen atoms in total. The predicted octanol–water partition coefficient (Wildman–Crippen LogP) is 2.85. The van der Waals surface area contributed by atoms with Gasteiger partial charge < -0.3 is 75.2 Å². The molecule has 0 spiro atoms. The maximum absolute atomic E-state index is 12.9. The number of aliphatic hydroxyl groups excluding tert-OH is 1. The van der Waals surface area contributed by atoms with E-state index in [-0.39, 0.29) is 70.6 Å². The van der Waals surface area contributed by atoms with E-state index in [9.17, 15) is 66.2 Å². The van der Waals surface area contributed by atoms with Gasteiger partial charge in [-0.05, 0) is 53.3 Å². The summed E-state index contributed by atoms with van der Waals surface area (Å²) in [7, 11) is 0. The first kappa shape index (κ1) is 80.1. The molecule has 2 saturated heterocycles. The number of aliphatic hydroxyl groups is 1. The number of carbonyl (C=O) groups excluding carboxylic acids is 11. The Bertz CT molecular complexity index is 2540. The van der Waals surface area contributed by atoms with Gasteiger partial charge in [0.05, 0.1) is 63.9 Å². The molecule has 4 amide bonds. The van der Waals surface area contributed by atoms with Crippen molar-refractivity contribution in [3.05, 3.63) is 92.7 Å². The van der Waals surface area contributed by atoms with E-state index < -0.39 is 96.2 Å². The number of esters is 6. The molecule has 2 heterocycles. The van der Waals surface area contributed by atoms with Gasteiger partial charge in [-0.2, -0.15) is 13.2 Å². The number of nitrogens with one attached hydrogen (secondary N) is 4. The standard InChI is InChI=1S/C24H37N5O6.C12H11NO5.C7H11NO3.C4H10N4O.C4H6O3.C2HF3O2/c1-17(2)13-21(28-18(3)30)22(31)14-20(24(33)26-9-11-34-12-10-27-29-25)15-23(32)35-16-19-7-5-4-6-8-19;14-10(6-9-11(15)18-12(16)13-9)17-7-8-4-2-1-3-5-8;1-4(2)3-5-6(9)11-7(10)8-5;5-1-3-9-4-2-7-8-6;1-3(5)7-4(2)6;3-2(4,5)1(6)7/h4-8,17,20-22,31H,9-16H2,1-3H3,(H,26,33)(H,28,30);1-5,9H,6-7H2,(H,13,16);4-5H,3H2,1-2H3,(H,8,10);1-5H2;1-2H3;(H,6,7)/t20-,21+,22?;9-;5-;;;/m001.../s1. The van der Waals surface area contributed by atoms with Crippen LogP contribution in [0.3, 0.4) is 0 Å². The first-order chi connectivity index (χ1) is 40.9. The van der Waals surface area contributed by atoms with Crippen LogP contribution in [0.25, 0.3) is 20.9 Å². The average molecular weight is 1240 g/mol. The summed E-state index contributed by atoms with van der Waals surface area (Å²) in [5, 5.41) is 36.3. The van der Waals surface area contributed by atoms with Crippen molar-refractivity contribution >= 4 is 65.8 Å². The number of quaternary nitrogens is 1. The third kappa shape index (κ3) is 45.2. The Balaban J connectivity index is 0. The summed E-state index contributed by atoms with van der Waals surface area (Å²) in [6.07, 6.45) is -6.99. The van der Waals surface area contributed by atoms with Crippen LogP contribution in [0.5, 0.6) is 0 Å². The molecule has 87 heavy (non-hydrogen) atoms. The fraction of sp³-hybridized carbons (Fsp3) is 0.566. The minimum absolute atomic E-state index is 0.0261. The van der Waals surface area contributed by atoms with Crippen molar-refractivity contribution in [3.8, 4) is 0 Å². The van der Waals surface area contributed by atoms with Gasteiger partial charge in [-0.15, -0.1) is 0 Å². The minimum atomic E-state index is -5.19. The summed E-state index contributed by atoms with van der Waals surface area (Å²) in [6.45, 7) is 15.0. The third-order valence-corrected chi connectivity index (χ3v) is 10.1. The number of aliphatic carboxylic acids is 1. The van der Waals surface area contributed by atoms with E-state index in [0.29, 0.717) is 38.5 Å². The van der Waals surface area contributed by atoms with E-state index in [0.717, 1.165) is 17.7 Å². The van der Waals surface area contributed by atoms with E-state index >= 15 is 0 Å². The number of carbonyl (C=O) groups is 11. The lowest BCUT2D eigenvalue weighted by molar-refractivity contribution is -0.374. The average Bonchev–Trinajstić information content (AvgIpc) is 4.16. The zero-order chi connectivity index (χ0) is 66.3. The minimum Gasteiger partial charge on any atom is -0.542 e. The number of hydrogen-bond acceptors (Lipinski definition) is 22. The molecular formula is C53H76F3N11O20. The molecule has 2 aliphatic rings. The van der Waals surface area contributed by atoms with Gasteiger partial charge in [-0.1, -0.05) is 98.6 Å². The van der Waals surface area contributed by atoms with E-state index in [4.69, 9.17) is 39.9 Å². The van der Waals surface area contributed by atoms with E-state index in [1.165, 1.54) is 20.8 Å². The normalized spacial score (nSPS) is 14.5. The first-order valence-electron chi connectivity index (χ1n) is 26.6. The summed E-state index contributed by atoms with van der Waals surface area (Å²) in [5.74, 6) is -7.46. The van der Waals surface area contributed by atoms with E-state index in [1.807, 2.05) is 88.4 Å². The van der Waals surface area contributed by atoms with E-state index in [2.05, 4.69) is 61.3 Å². The van der Waals surface area contributed by atoms with Gasteiger partial charge in [0.2, 0.25) is 11.8 Å². The second kappa shape index (κ2) is 47.3. The largest absolute Gasteiger partial charge is 0.542 e. The number of cyclic esters (lactones) is 4. The lowest BCUT2D eigenvalue weighted by Crippen LogP contribution is -2.52. The fourth-order valence-corrected chi connectivity index (χ4v) is 6.53. The SMILES string of the molecule is CC(=O)N[C@H](CC(C)C)C(O)C[C@@H](CC(=O)OCc1ccccc1)C(=O)NCCOCCN=[N+]=[N-].CC(=O)OC(C)=O.CC(C)C[C@H]1NC(=O)OC1=O.O=C(C[C@@H]1NC(=O)OC1=O)OCc1ccccc1.O=C([O-])C(F)(F)F.[N-]=[N+]=NCCOCC[NH3+]. The molecule has 0 aromatic heterocycles. The lowest BCUT2D eigenvalue weighted by atomic mass is 9.90. The van der Waals surface area contributed by atoms with Crippen LogP contribution in [0.15, 0.2) is 70.9 Å². The Morgan fingerprint density at radius 3 is 1.56 bits per heavy atom. The molecule has 2 aromatic carbocycles. The molecule has 0 bridgehead atoms. The summed E-state index contributed by atoms with van der Waals surface area (Å²) in [5.41, 5.74) is 21.3. The smallest absolute Gasteiger partial charge is 0.430 e. The van der Waals surface area contributed by atoms with Crippen LogP contribution < -0.4 is 32.1 Å². The number of amides is 4. The van der Waals surface area contributed by atoms with Crippen LogP contribution in [0.1, 0.15) is 91.7 Å². The van der Waals surface area contributed by atoms with Gasteiger partial charge >= 0.3 is 54.2 Å². The Morgan fingerprint density at radius 2 is 1.18 bits per heavy atom. The maximum atomic E-state index is 12.9. The van der Waals surface area contributed by atoms with Crippen molar-refractivity contribution < 1.29 is 115 Å². The predicted molar refractivity (Wildman–Crippen MR) is 293 cm³/mol. The summed E-state index contributed by atoms with van der Waals surface area (Å²) in [4.78, 5) is 125. The molecular weight excluding hydrogens is 1170 g/mol. The van der Waals surface area contributed by atoms with Gasteiger partial charge in [0.25, 0.3) is 0 Å². The molecule has 2 aromatic rings. The number of nitrogens with zero attached hydrogens (tertiary/aromatic N) is 6. The van der Waals surface area contributed by atoms with Crippen molar-refractivity contribution in [1.82, 2.24) is 21.3 Å². The lowest BCUT2D eigenvalue weighted by Gasteiger charge is -2.28. The fourth-order valence-electron chi connectivity index (χ4n) is 6.53. The summed E-state index contributed by atoms with van der Waals surface area (Å²) >= 11 is 0. The van der Waals surface area contributed by atoms with Crippen molar-refractivity contribution in [2.45, 2.75) is 124 Å². The molecule has 1 unspecified atom stereocenters. The number of hydrogen-bond donors (Lipinski definition) is 6. The van der Waals surface area contributed by atoms with Gasteiger partial charge in [0, 0.05) is 50.2 Å². The number of carboxylic acids is 1. The topological polar surface area (TPSA) is 469 Å². The van der Waals surface area contributed by atoms with Crippen LogP contribution in [-0.2, 0) is 89.5 Å². The number of azide groups is 2. The number of carboxylic acid groups (broad SMARTS) is 1. The number of benzene rings is 2. The Morgan fingerprint density at radius 1 is 0.724 bits per heavy atom. The Kier molecular flexibility index (Phi) is 43.6. The quantitative estimate of drug-likeness (QED) is 0.0136. The molecule has 484 valence electrons. The van der Waals surface area contributed by atoms with Crippen molar-refractivity contribution in [1.29, 1.82) is 0 Å². The molecule has 4 rings (SSSR count). The molecule has 2 fully saturated rings. The molecule has 2 aliphatic heterocycles. The summed E-state index contributed by atoms with van der Waals surface area (Å²) in [6, 6.07) is 16.4. The zero-order valence-electron chi connectivity index (χ0n) is 49.1. The number of ether oxygens (including phenoxy) is 7. The monoisotopic (exact) mass is 1240 g/mol. The highest BCUT2D eigenvalue weighted by Crippen LogP contribution is 2.20. The van der Waals surface area contributed by atoms with Gasteiger partial charge in [-0.3, -0.25) is 28.8 Å². The van der Waals surface area contributed by atoms with Crippen LogP contribution >= 0.6 is 0 Å². The maximum Gasteiger partial charge on any atom is 0.430 e. The molecule has 0 aliphatic carbocycles. The molecule has 0 saturated carbocycles. The third-order valence-electron chi connectivity index (χ3n) is 10.1. The van der Waals surface area contributed by atoms with Crippen molar-refractivity contribution in [2.24, 2.45) is 28.0 Å². The van der Waals surface area contributed by atoms with Gasteiger partial charge in [0.1, 0.15) is 31.3 Å². The Hall–Kier alpha value is -8.94. The molecule has 5 atom stereocenters. The second-order valence-corrected chi connectivity index (χ2v) is 18.7. The number of alkyl halides is 3. The van der Waals surface area contributed by atoms with Crippen LogP contribution in [0.2, 0.25) is 0 Å². The van der Waals surface area contributed by atoms with Crippen LogP contribution in [0.4, 0.5) is 22.8 Å². The highest BCUT2D eigenvalue weighted by molar-refractivity contribution is 5.97. The highest BCUT2D eigenvalue weighted by atomic mass is 19.4. The molecule has 0 radical (unpaired) electrons. The summed E-state index contributed by atoms with van der Waals surface area (Å²) < 4.78 is 64.6. The second-order valence-electron chi connectivity index (χ2n) is 18.7. The van der Waals surface area contributed by atoms with Gasteiger partial charge in [0.15, 0.2) is 0 Å². The molecule has 34 heteroatoms. The Labute approximate surface area is 498 Å². The number of rotatable bonds is 28. The molecule has 8 N–H and O–H groups in total. The van der Waals surface area contributed by atoms with Crippen molar-refractivity contribution in [3.63, 3.8) is 0 Å². The highest BCUT2D eigenvalue weighted by Gasteiger charge is 2.35. The van der Waals surface area contributed by atoms with E-state index in [1.54, 1.807) is 0 Å². The van der Waals surface area contributed by atoms with Crippen molar-refractivity contribution in [2.75, 3.05) is 52.6 Å². The van der Waals surface area contributed by atoms with Crippen LogP contribution in [0, 0.1) is 17.8 Å². The number of alkyl carbamates (subject to hydrolysis) is 2. The van der Waals surface area contributed by atoms with Crippen LogP contribution in [-0.4, -0.2) is 154 Å².